The van der Waals surface area contributed by atoms with E-state index in [1.165, 1.54) is 23.4 Å². The number of nitrogens with two attached hydrogens (primary N) is 1. The summed E-state index contributed by atoms with van der Waals surface area (Å²) in [5.74, 6) is -1.56. The molecule has 0 bridgehead atoms. The molecular weight excluding hydrogens is 980 g/mol. The van der Waals surface area contributed by atoms with E-state index in [4.69, 9.17) is 10.5 Å². The fraction of sp³-hybridized carbons (Fsp3) is 0.309. The zero-order valence-corrected chi connectivity index (χ0v) is 43.0. The molecule has 0 atom stereocenters. The Morgan fingerprint density at radius 2 is 1.40 bits per heavy atom. The van der Waals surface area contributed by atoms with Gasteiger partial charge in [0.25, 0.3) is 23.6 Å². The van der Waals surface area contributed by atoms with Gasteiger partial charge in [0.05, 0.1) is 12.2 Å². The van der Waals surface area contributed by atoms with E-state index in [1.807, 2.05) is 38.2 Å². The highest BCUT2D eigenvalue weighted by Gasteiger charge is 2.31. The van der Waals surface area contributed by atoms with E-state index in [1.54, 1.807) is 64.4 Å². The van der Waals surface area contributed by atoms with E-state index >= 15 is 0 Å². The molecule has 0 radical (unpaired) electrons. The smallest absolute Gasteiger partial charge is 0.409 e. The van der Waals surface area contributed by atoms with Gasteiger partial charge in [-0.05, 0) is 92.2 Å². The van der Waals surface area contributed by atoms with E-state index in [9.17, 15) is 38.4 Å². The van der Waals surface area contributed by atoms with Crippen molar-refractivity contribution in [2.45, 2.75) is 45.4 Å². The van der Waals surface area contributed by atoms with Gasteiger partial charge in [0, 0.05) is 110 Å². The summed E-state index contributed by atoms with van der Waals surface area (Å²) in [5.41, 5.74) is 8.85. The highest BCUT2D eigenvalue weighted by Crippen LogP contribution is 2.41. The molecule has 3 aliphatic rings. The van der Waals surface area contributed by atoms with Gasteiger partial charge in [0.1, 0.15) is 11.4 Å². The number of alkyl halides is 1. The van der Waals surface area contributed by atoms with Gasteiger partial charge >= 0.3 is 12.1 Å². The first-order chi connectivity index (χ1) is 36.3. The number of urea groups is 1. The monoisotopic (exact) mass is 1040 g/mol. The van der Waals surface area contributed by atoms with Crippen LogP contribution in [0.3, 0.4) is 0 Å². The van der Waals surface area contributed by atoms with Crippen LogP contribution in [0, 0.1) is 25.7 Å². The zero-order chi connectivity index (χ0) is 55.0. The molecule has 9 amide bonds. The minimum Gasteiger partial charge on any atom is -0.409 e. The van der Waals surface area contributed by atoms with Crippen molar-refractivity contribution < 1.29 is 43.1 Å². The number of benzene rings is 4. The van der Waals surface area contributed by atoms with Gasteiger partial charge in [-0.1, -0.05) is 37.6 Å². The molecule has 4 heterocycles. The summed E-state index contributed by atoms with van der Waals surface area (Å²) in [5, 5.41) is 13.1. The average Bonchev–Trinajstić information content (AvgIpc) is 4.15. The molecule has 0 spiro atoms. The normalized spacial score (nSPS) is 13.3. The number of carbonyl (C=O) groups excluding carboxylic acids is 8. The Balaban J connectivity index is 0.000000848. The summed E-state index contributed by atoms with van der Waals surface area (Å²) in [6.07, 6.45) is 23.1. The van der Waals surface area contributed by atoms with Crippen molar-refractivity contribution in [2.24, 2.45) is 5.73 Å². The third-order valence-corrected chi connectivity index (χ3v) is 11.9. The lowest BCUT2D eigenvalue weighted by Crippen LogP contribution is -2.48. The second-order valence-corrected chi connectivity index (χ2v) is 16.9. The largest absolute Gasteiger partial charge is 0.415 e. The molecule has 5 aromatic rings. The predicted octanol–water partition coefficient (Wildman–Crippen LogP) is 6.48. The number of halogens is 1. The molecule has 0 unspecified atom stereocenters. The number of hydrogen-bond acceptors (Lipinski definition) is 10. The number of ether oxygens (including phenoxy) is 1. The van der Waals surface area contributed by atoms with Crippen LogP contribution in [0.15, 0.2) is 91.0 Å². The van der Waals surface area contributed by atoms with Crippen LogP contribution in [0.1, 0.15) is 65.4 Å². The number of aromatic nitrogens is 1. The Morgan fingerprint density at radius 3 is 2.04 bits per heavy atom. The molecule has 19 nitrogen and oxygen atoms in total. The summed E-state index contributed by atoms with van der Waals surface area (Å²) < 4.78 is 6.00. The van der Waals surface area contributed by atoms with E-state index in [-0.39, 0.29) is 42.5 Å². The molecule has 20 heteroatoms. The number of anilines is 3. The van der Waals surface area contributed by atoms with E-state index in [0.29, 0.717) is 98.0 Å². The van der Waals surface area contributed by atoms with Crippen LogP contribution in [0.4, 0.5) is 26.7 Å². The number of unbranched alkanes of at least 4 members (excludes halogenated alkanes) is 2. The Labute approximate surface area is 441 Å². The number of terminal acetylenes is 2. The van der Waals surface area contributed by atoms with E-state index in [2.05, 4.69) is 68.4 Å². The number of imide groups is 1. The molecule has 0 aliphatic carbocycles. The minimum atomic E-state index is -0.443. The molecule has 394 valence electrons. The van der Waals surface area contributed by atoms with Crippen LogP contribution < -0.4 is 36.6 Å². The van der Waals surface area contributed by atoms with Gasteiger partial charge in [0.15, 0.2) is 0 Å². The second kappa shape index (κ2) is 29.8. The number of amides is 9. The number of aromatic amines is 1. The first-order valence-corrected chi connectivity index (χ1v) is 24.8. The molecular formula is C55H63ClN10O9. The summed E-state index contributed by atoms with van der Waals surface area (Å²) in [6.45, 7) is 5.87. The quantitative estimate of drug-likeness (QED) is 0.0288. The number of carbonyl (C=O) groups is 8. The maximum Gasteiger partial charge on any atom is 0.415 e. The molecule has 1 aromatic heterocycles. The van der Waals surface area contributed by atoms with Crippen molar-refractivity contribution in [3.05, 3.63) is 108 Å². The number of nitrogens with zero attached hydrogens (tertiary/aromatic N) is 4. The zero-order valence-electron chi connectivity index (χ0n) is 42.3. The lowest BCUT2D eigenvalue weighted by atomic mass is 10.0. The molecule has 7 N–H and O–H groups in total. The standard InChI is InChI=1S/C46H46N8O8.C4H10N2O.2C2H2.CH3Cl/c1-51-21-23-52(24-22-51)46(61)62-39-27-38-34(33-7-4-5-8-35(33)39)18-20-53(38)45(60)37-26-30-25-32(14-15-36(30)50-37)49-44(59)29-10-12-31(13-11-29)48-41(56)28-47-40(55)9-3-2-6-19-54-42(57)16-17-43(54)58;1-2-3-6-4(5)7;3*1-2/h4-5,7-8,10-17,25-27,50H,2-3,6,9,18-24,28H2,1H3,(H,47,55)(H,48,56)(H,49,59);2-3H2,1H3,(H3,5,6,7);2*1-2H;1H3. The first-order valence-electron chi connectivity index (χ1n) is 24.0. The number of fused-ring (bicyclic) bond motifs is 4. The minimum absolute atomic E-state index is 0.207. The maximum absolute atomic E-state index is 14.1. The maximum atomic E-state index is 14.1. The number of rotatable bonds is 15. The summed E-state index contributed by atoms with van der Waals surface area (Å²) in [6, 6.07) is 22.5. The number of piperazine rings is 1. The lowest BCUT2D eigenvalue weighted by molar-refractivity contribution is -0.137. The average molecular weight is 1040 g/mol. The van der Waals surface area contributed by atoms with Gasteiger partial charge in [0.2, 0.25) is 11.8 Å². The summed E-state index contributed by atoms with van der Waals surface area (Å²) in [4.78, 5) is 108. The van der Waals surface area contributed by atoms with Crippen molar-refractivity contribution in [2.75, 3.05) is 81.3 Å². The molecule has 4 aromatic carbocycles. The Morgan fingerprint density at radius 1 is 0.747 bits per heavy atom. The predicted molar refractivity (Wildman–Crippen MR) is 293 cm³/mol. The van der Waals surface area contributed by atoms with Crippen LogP contribution in [0.2, 0.25) is 0 Å². The molecule has 75 heavy (non-hydrogen) atoms. The van der Waals surface area contributed by atoms with Gasteiger partial charge in [-0.15, -0.1) is 37.3 Å². The third kappa shape index (κ3) is 16.4. The van der Waals surface area contributed by atoms with Gasteiger partial charge in [-0.25, -0.2) is 9.59 Å². The van der Waals surface area contributed by atoms with Crippen LogP contribution in [-0.4, -0.2) is 133 Å². The number of primary amides is 1. The van der Waals surface area contributed by atoms with Crippen LogP contribution in [0.5, 0.6) is 5.75 Å². The van der Waals surface area contributed by atoms with Crippen LogP contribution in [0.25, 0.3) is 21.7 Å². The fourth-order valence-electron chi connectivity index (χ4n) is 8.16. The fourth-order valence-corrected chi connectivity index (χ4v) is 8.16. The van der Waals surface area contributed by atoms with Crippen molar-refractivity contribution in [3.8, 4) is 31.4 Å². The van der Waals surface area contributed by atoms with Crippen molar-refractivity contribution in [1.82, 2.24) is 30.3 Å². The SMILES string of the molecule is C#C.C#C.CCCNC(N)=O.CCl.CN1CCN(C(=O)Oc2cc3c(c4ccccc24)CCN3C(=O)c2cc3cc(NC(=O)c4ccc(NC(=O)CNC(=O)CCCCCN5C(=O)C=CC5=O)cc4)ccc3[nH]2)CC1. The Bertz CT molecular complexity index is 2880. The van der Waals surface area contributed by atoms with E-state index in [0.717, 1.165) is 41.2 Å². The van der Waals surface area contributed by atoms with Crippen molar-refractivity contribution in [3.63, 3.8) is 0 Å². The van der Waals surface area contributed by atoms with Crippen LogP contribution >= 0.6 is 11.6 Å². The highest BCUT2D eigenvalue weighted by atomic mass is 35.5. The van der Waals surface area contributed by atoms with Gasteiger partial charge in [-0.2, -0.15) is 0 Å². The highest BCUT2D eigenvalue weighted by molar-refractivity contribution is 6.15. The Kier molecular flexibility index (Phi) is 23.4. The van der Waals surface area contributed by atoms with Crippen molar-refractivity contribution >= 4 is 97.9 Å². The number of likely N-dealkylation sites (N-methyl/N-ethyl adjacent to an activating group) is 1. The van der Waals surface area contributed by atoms with E-state index < -0.39 is 18.0 Å². The number of hydrogen-bond donors (Lipinski definition) is 6. The lowest BCUT2D eigenvalue weighted by Gasteiger charge is -2.31. The summed E-state index contributed by atoms with van der Waals surface area (Å²) >= 11 is 4.64. The molecule has 8 rings (SSSR count). The molecule has 1 saturated heterocycles. The van der Waals surface area contributed by atoms with Gasteiger partial charge in [-0.3, -0.25) is 33.7 Å². The third-order valence-electron chi connectivity index (χ3n) is 11.9. The first kappa shape index (κ1) is 58.9. The Hall–Kier alpha value is -8.65. The molecule has 3 aliphatic heterocycles. The number of nitrogens with one attached hydrogen (secondary N) is 5. The van der Waals surface area contributed by atoms with Crippen LogP contribution in [-0.2, 0) is 25.6 Å². The second-order valence-electron chi connectivity index (χ2n) is 16.9. The van der Waals surface area contributed by atoms with Gasteiger partial charge < -0.3 is 51.4 Å². The molecule has 0 saturated carbocycles. The molecule has 1 fully saturated rings. The summed E-state index contributed by atoms with van der Waals surface area (Å²) in [7, 11) is 2.02. The van der Waals surface area contributed by atoms with Crippen molar-refractivity contribution in [1.29, 1.82) is 0 Å². The number of H-pyrrole nitrogens is 1. The topological polar surface area (TPSA) is 249 Å².